The van der Waals surface area contributed by atoms with Crippen LogP contribution in [0.25, 0.3) is 0 Å². The smallest absolute Gasteiger partial charge is 0.168 e. The van der Waals surface area contributed by atoms with Crippen LogP contribution >= 0.6 is 0 Å². The SMILES string of the molecule is CC1(C)CC(=O)C(=C(O)CCC(O)=C2C(=O)CC(C)(C)CC2=NC(C)(C)C)C(=NC(C)(C)C)C1. The molecule has 0 heterocycles. The first kappa shape index (κ1) is 28.0. The highest BCUT2D eigenvalue weighted by Crippen LogP contribution is 2.38. The van der Waals surface area contributed by atoms with Crippen LogP contribution in [0.3, 0.4) is 0 Å². The first-order chi connectivity index (χ1) is 15.2. The Kier molecular flexibility index (Phi) is 7.76. The number of carbonyl (C=O) groups is 2. The molecule has 0 spiro atoms. The van der Waals surface area contributed by atoms with Crippen molar-refractivity contribution in [1.82, 2.24) is 0 Å². The summed E-state index contributed by atoms with van der Waals surface area (Å²) in [5, 5.41) is 21.9. The van der Waals surface area contributed by atoms with E-state index in [0.29, 0.717) is 37.1 Å². The zero-order valence-corrected chi connectivity index (χ0v) is 22.8. The second-order valence-corrected chi connectivity index (χ2v) is 13.5. The van der Waals surface area contributed by atoms with Gasteiger partial charge in [0, 0.05) is 25.7 Å². The summed E-state index contributed by atoms with van der Waals surface area (Å²) < 4.78 is 0. The van der Waals surface area contributed by atoms with Crippen molar-refractivity contribution in [3.63, 3.8) is 0 Å². The number of hydrogen-bond donors (Lipinski definition) is 2. The molecule has 2 aliphatic carbocycles. The number of ketones is 2. The van der Waals surface area contributed by atoms with Gasteiger partial charge in [-0.2, -0.15) is 0 Å². The van der Waals surface area contributed by atoms with Crippen LogP contribution in [0.1, 0.15) is 108 Å². The van der Waals surface area contributed by atoms with E-state index in [-0.39, 0.29) is 57.9 Å². The topological polar surface area (TPSA) is 99.3 Å². The van der Waals surface area contributed by atoms with Crippen LogP contribution in [0.15, 0.2) is 32.6 Å². The first-order valence-electron chi connectivity index (χ1n) is 12.3. The zero-order valence-electron chi connectivity index (χ0n) is 22.8. The number of rotatable bonds is 3. The summed E-state index contributed by atoms with van der Waals surface area (Å²) in [6.07, 6.45) is 1.97. The third-order valence-electron chi connectivity index (χ3n) is 5.82. The van der Waals surface area contributed by atoms with Gasteiger partial charge >= 0.3 is 0 Å². The van der Waals surface area contributed by atoms with E-state index in [1.54, 1.807) is 0 Å². The Morgan fingerprint density at radius 2 is 0.971 bits per heavy atom. The maximum atomic E-state index is 13.0. The van der Waals surface area contributed by atoms with Crippen molar-refractivity contribution in [3.8, 4) is 0 Å². The number of aliphatic hydroxyl groups is 2. The number of carbonyl (C=O) groups excluding carboxylic acids is 2. The van der Waals surface area contributed by atoms with Gasteiger partial charge in [0.25, 0.3) is 0 Å². The first-order valence-corrected chi connectivity index (χ1v) is 12.3. The minimum absolute atomic E-state index is 0.0550. The predicted octanol–water partition coefficient (Wildman–Crippen LogP) is 6.65. The van der Waals surface area contributed by atoms with Gasteiger partial charge in [0.1, 0.15) is 11.5 Å². The molecule has 6 nitrogen and oxygen atoms in total. The van der Waals surface area contributed by atoms with Gasteiger partial charge < -0.3 is 10.2 Å². The Hall–Kier alpha value is -2.24. The molecule has 190 valence electrons. The number of allylic oxidation sites excluding steroid dienone is 4. The van der Waals surface area contributed by atoms with Crippen LogP contribution in [0, 0.1) is 10.8 Å². The molecule has 0 aliphatic heterocycles. The summed E-state index contributed by atoms with van der Waals surface area (Å²) in [6.45, 7) is 19.9. The molecular weight excluding hydrogens is 428 g/mol. The lowest BCUT2D eigenvalue weighted by Gasteiger charge is -2.33. The molecule has 0 atom stereocenters. The minimum atomic E-state index is -0.391. The Morgan fingerprint density at radius 3 is 1.24 bits per heavy atom. The Morgan fingerprint density at radius 1 is 0.676 bits per heavy atom. The average molecular weight is 473 g/mol. The lowest BCUT2D eigenvalue weighted by molar-refractivity contribution is -0.118. The lowest BCUT2D eigenvalue weighted by atomic mass is 9.72. The number of aliphatic hydroxyl groups excluding tert-OH is 2. The van der Waals surface area contributed by atoms with Crippen LogP contribution < -0.4 is 0 Å². The van der Waals surface area contributed by atoms with Crippen LogP contribution in [0.4, 0.5) is 0 Å². The highest BCUT2D eigenvalue weighted by atomic mass is 16.3. The normalized spacial score (nSPS) is 26.8. The van der Waals surface area contributed by atoms with Crippen molar-refractivity contribution in [2.75, 3.05) is 0 Å². The van der Waals surface area contributed by atoms with E-state index < -0.39 is 11.1 Å². The molecule has 0 radical (unpaired) electrons. The van der Waals surface area contributed by atoms with Gasteiger partial charge in [-0.3, -0.25) is 19.6 Å². The van der Waals surface area contributed by atoms with E-state index in [1.165, 1.54) is 0 Å². The summed E-state index contributed by atoms with van der Waals surface area (Å²) in [5.74, 6) is -0.411. The quantitative estimate of drug-likeness (QED) is 0.355. The highest BCUT2D eigenvalue weighted by molar-refractivity contribution is 6.25. The van der Waals surface area contributed by atoms with Crippen molar-refractivity contribution < 1.29 is 19.8 Å². The largest absolute Gasteiger partial charge is 0.511 e. The van der Waals surface area contributed by atoms with E-state index in [4.69, 9.17) is 9.98 Å². The molecule has 2 saturated carbocycles. The fourth-order valence-electron chi connectivity index (χ4n) is 4.72. The molecule has 2 rings (SSSR count). The van der Waals surface area contributed by atoms with Gasteiger partial charge in [-0.15, -0.1) is 0 Å². The van der Waals surface area contributed by atoms with Gasteiger partial charge in [0.2, 0.25) is 0 Å². The number of aliphatic imine (C=N–C) groups is 2. The second-order valence-electron chi connectivity index (χ2n) is 13.5. The molecule has 34 heavy (non-hydrogen) atoms. The van der Waals surface area contributed by atoms with E-state index in [1.807, 2.05) is 69.2 Å². The summed E-state index contributed by atoms with van der Waals surface area (Å²) in [7, 11) is 0. The van der Waals surface area contributed by atoms with E-state index in [9.17, 15) is 19.8 Å². The van der Waals surface area contributed by atoms with Crippen LogP contribution in [-0.4, -0.2) is 44.3 Å². The second kappa shape index (κ2) is 9.43. The van der Waals surface area contributed by atoms with E-state index in [2.05, 4.69) is 0 Å². The average Bonchev–Trinajstić information content (AvgIpc) is 2.53. The summed E-state index contributed by atoms with van der Waals surface area (Å²) >= 11 is 0. The molecule has 6 heteroatoms. The molecule has 0 saturated heterocycles. The predicted molar refractivity (Wildman–Crippen MR) is 139 cm³/mol. The molecule has 0 amide bonds. The summed E-state index contributed by atoms with van der Waals surface area (Å²) in [4.78, 5) is 35.4. The molecule has 0 aromatic rings. The molecular formula is C28H44N2O4. The number of nitrogens with zero attached hydrogens (tertiary/aromatic N) is 2. The minimum Gasteiger partial charge on any atom is -0.511 e. The number of Topliss-reactive ketones (excluding diaryl/α,β-unsaturated/α-hetero) is 2. The van der Waals surface area contributed by atoms with Crippen molar-refractivity contribution in [3.05, 3.63) is 22.7 Å². The fourth-order valence-corrected chi connectivity index (χ4v) is 4.72. The van der Waals surface area contributed by atoms with Gasteiger partial charge in [-0.25, -0.2) is 0 Å². The fraction of sp³-hybridized carbons (Fsp3) is 0.714. The van der Waals surface area contributed by atoms with Crippen LogP contribution in [0.2, 0.25) is 0 Å². The maximum Gasteiger partial charge on any atom is 0.168 e. The summed E-state index contributed by atoms with van der Waals surface area (Å²) in [5.41, 5.74) is 0.534. The molecule has 2 N–H and O–H groups in total. The Balaban J connectivity index is 2.44. The van der Waals surface area contributed by atoms with Crippen molar-refractivity contribution in [2.24, 2.45) is 20.8 Å². The van der Waals surface area contributed by atoms with Crippen LogP contribution in [-0.2, 0) is 9.59 Å². The van der Waals surface area contributed by atoms with Gasteiger partial charge in [-0.1, -0.05) is 27.7 Å². The van der Waals surface area contributed by atoms with E-state index in [0.717, 1.165) is 0 Å². The Bertz CT molecular complexity index is 897. The number of hydrogen-bond acceptors (Lipinski definition) is 6. The van der Waals surface area contributed by atoms with Gasteiger partial charge in [0.05, 0.1) is 33.6 Å². The molecule has 0 bridgehead atoms. The van der Waals surface area contributed by atoms with Crippen molar-refractivity contribution in [1.29, 1.82) is 0 Å². The molecule has 0 unspecified atom stereocenters. The molecule has 2 aliphatic rings. The molecule has 2 fully saturated rings. The standard InChI is InChI=1S/C28H44N2O4/c1-25(2,3)29-17-13-27(7,8)15-21(33)23(17)19(31)11-12-20(32)24-18(30-26(4,5)6)14-28(9,10)16-22(24)34/h31-32H,11-16H2,1-10H3. The van der Waals surface area contributed by atoms with Crippen LogP contribution in [0.5, 0.6) is 0 Å². The third-order valence-corrected chi connectivity index (χ3v) is 5.82. The van der Waals surface area contributed by atoms with Gasteiger partial charge in [-0.05, 0) is 65.2 Å². The summed E-state index contributed by atoms with van der Waals surface area (Å²) in [6, 6.07) is 0. The van der Waals surface area contributed by atoms with Gasteiger partial charge in [0.15, 0.2) is 11.6 Å². The van der Waals surface area contributed by atoms with E-state index >= 15 is 0 Å². The zero-order chi connectivity index (χ0) is 26.3. The monoisotopic (exact) mass is 472 g/mol. The highest BCUT2D eigenvalue weighted by Gasteiger charge is 2.38. The third kappa shape index (κ3) is 7.64. The molecule has 0 aromatic carbocycles. The van der Waals surface area contributed by atoms with Crippen molar-refractivity contribution >= 4 is 23.0 Å². The maximum absolute atomic E-state index is 13.0. The van der Waals surface area contributed by atoms with Crippen molar-refractivity contribution in [2.45, 2.75) is 119 Å². The Labute approximate surface area is 205 Å². The molecule has 0 aromatic heterocycles. The lowest BCUT2D eigenvalue weighted by Crippen LogP contribution is -2.34.